The van der Waals surface area contributed by atoms with Crippen LogP contribution in [0.1, 0.15) is 17.0 Å². The second kappa shape index (κ2) is 5.92. The van der Waals surface area contributed by atoms with Crippen molar-refractivity contribution in [3.05, 3.63) is 57.1 Å². The predicted molar refractivity (Wildman–Crippen MR) is 82.9 cm³/mol. The molecule has 0 atom stereocenters. The van der Waals surface area contributed by atoms with Crippen molar-refractivity contribution in [1.82, 2.24) is 19.6 Å². The fourth-order valence-electron chi connectivity index (χ4n) is 2.21. The molecule has 0 N–H and O–H groups in total. The van der Waals surface area contributed by atoms with Crippen LogP contribution >= 0.6 is 11.8 Å². The van der Waals surface area contributed by atoms with Crippen LogP contribution in [0, 0.1) is 29.8 Å². The zero-order chi connectivity index (χ0) is 16.6. The number of halogens is 1. The highest BCUT2D eigenvalue weighted by Gasteiger charge is 2.19. The van der Waals surface area contributed by atoms with Crippen molar-refractivity contribution >= 4 is 23.2 Å². The second-order valence-electron chi connectivity index (χ2n) is 4.93. The topological polar surface area (TPSA) is 86.2 Å². The van der Waals surface area contributed by atoms with Gasteiger partial charge in [-0.25, -0.2) is 13.9 Å². The molecule has 0 spiro atoms. The van der Waals surface area contributed by atoms with Gasteiger partial charge in [-0.05, 0) is 26.0 Å². The van der Waals surface area contributed by atoms with Gasteiger partial charge in [-0.1, -0.05) is 17.8 Å². The summed E-state index contributed by atoms with van der Waals surface area (Å²) in [5.41, 5.74) is 1.49. The lowest BCUT2D eigenvalue weighted by atomic mass is 10.2. The molecule has 1 aromatic carbocycles. The van der Waals surface area contributed by atoms with E-state index >= 15 is 0 Å². The molecular formula is C14H12FN5O2S. The number of hydrogen-bond acceptors (Lipinski definition) is 6. The number of benzene rings is 1. The highest BCUT2D eigenvalue weighted by atomic mass is 32.2. The zero-order valence-electron chi connectivity index (χ0n) is 12.4. The monoisotopic (exact) mass is 333 g/mol. The Balaban J connectivity index is 1.90. The third-order valence-corrected chi connectivity index (χ3v) is 4.10. The van der Waals surface area contributed by atoms with Gasteiger partial charge in [0.1, 0.15) is 5.82 Å². The van der Waals surface area contributed by atoms with Crippen LogP contribution in [0.15, 0.2) is 29.4 Å². The molecule has 9 heteroatoms. The summed E-state index contributed by atoms with van der Waals surface area (Å²) in [5, 5.41) is 15.7. The molecule has 118 valence electrons. The number of nitro benzene ring substituents is 1. The Morgan fingerprint density at radius 2 is 2.13 bits per heavy atom. The Morgan fingerprint density at radius 1 is 1.35 bits per heavy atom. The van der Waals surface area contributed by atoms with Crippen molar-refractivity contribution in [2.45, 2.75) is 24.8 Å². The first-order valence-electron chi connectivity index (χ1n) is 6.71. The molecule has 0 fully saturated rings. The molecule has 2 heterocycles. The van der Waals surface area contributed by atoms with Crippen LogP contribution in [0.3, 0.4) is 0 Å². The van der Waals surface area contributed by atoms with Crippen LogP contribution in [0.4, 0.5) is 10.1 Å². The predicted octanol–water partition coefficient (Wildman–Crippen LogP) is 3.08. The fraction of sp³-hybridized carbons (Fsp3) is 0.214. The van der Waals surface area contributed by atoms with Crippen LogP contribution in [-0.2, 0) is 5.75 Å². The minimum atomic E-state index is -0.611. The molecule has 0 amide bonds. The lowest BCUT2D eigenvalue weighted by Gasteiger charge is -2.02. The Morgan fingerprint density at radius 3 is 2.87 bits per heavy atom. The van der Waals surface area contributed by atoms with Crippen molar-refractivity contribution in [3.63, 3.8) is 0 Å². The van der Waals surface area contributed by atoms with Crippen LogP contribution < -0.4 is 0 Å². The third kappa shape index (κ3) is 3.00. The van der Waals surface area contributed by atoms with E-state index in [2.05, 4.69) is 15.1 Å². The molecule has 0 saturated carbocycles. The molecule has 0 unspecified atom stereocenters. The fourth-order valence-corrected chi connectivity index (χ4v) is 3.05. The Kier molecular flexibility index (Phi) is 3.95. The van der Waals surface area contributed by atoms with Gasteiger partial charge in [0.2, 0.25) is 5.16 Å². The maximum absolute atomic E-state index is 13.9. The molecule has 0 aliphatic heterocycles. The van der Waals surface area contributed by atoms with Gasteiger partial charge in [-0.3, -0.25) is 10.1 Å². The largest absolute Gasteiger partial charge is 0.276 e. The Bertz CT molecular complexity index is 912. The Labute approximate surface area is 134 Å². The number of nitrogens with zero attached hydrogens (tertiary/aromatic N) is 5. The third-order valence-electron chi connectivity index (χ3n) is 3.24. The van der Waals surface area contributed by atoms with Crippen LogP contribution in [0.25, 0.3) is 5.78 Å². The van der Waals surface area contributed by atoms with Gasteiger partial charge >= 0.3 is 0 Å². The molecular weight excluding hydrogens is 321 g/mol. The van der Waals surface area contributed by atoms with Crippen molar-refractivity contribution in [1.29, 1.82) is 0 Å². The number of thioether (sulfide) groups is 1. The summed E-state index contributed by atoms with van der Waals surface area (Å²) in [6.45, 7) is 3.74. The molecule has 0 aliphatic carbocycles. The molecule has 0 aliphatic rings. The molecule has 3 rings (SSSR count). The van der Waals surface area contributed by atoms with Gasteiger partial charge < -0.3 is 0 Å². The number of hydrogen-bond donors (Lipinski definition) is 0. The standard InChI is InChI=1S/C14H12FN5O2S/c1-8-6-9(2)19-13(16-8)17-14(18-19)23-7-10-11(15)4-3-5-12(10)20(21)22/h3-6H,7H2,1-2H3. The van der Waals surface area contributed by atoms with Gasteiger partial charge in [0.25, 0.3) is 11.5 Å². The van der Waals surface area contributed by atoms with E-state index in [9.17, 15) is 14.5 Å². The molecule has 3 aromatic rings. The van der Waals surface area contributed by atoms with Crippen molar-refractivity contribution in [2.24, 2.45) is 0 Å². The minimum Gasteiger partial charge on any atom is -0.258 e. The van der Waals surface area contributed by atoms with E-state index in [1.54, 1.807) is 4.52 Å². The second-order valence-corrected chi connectivity index (χ2v) is 5.87. The summed E-state index contributed by atoms with van der Waals surface area (Å²) in [4.78, 5) is 18.9. The summed E-state index contributed by atoms with van der Waals surface area (Å²) in [6, 6.07) is 5.68. The van der Waals surface area contributed by atoms with Gasteiger partial charge in [0, 0.05) is 23.2 Å². The van der Waals surface area contributed by atoms with E-state index in [0.29, 0.717) is 10.9 Å². The average molecular weight is 333 g/mol. The van der Waals surface area contributed by atoms with E-state index in [1.807, 2.05) is 19.9 Å². The van der Waals surface area contributed by atoms with Crippen LogP contribution in [0.5, 0.6) is 0 Å². The number of rotatable bonds is 4. The quantitative estimate of drug-likeness (QED) is 0.414. The average Bonchev–Trinajstić information content (AvgIpc) is 2.88. The minimum absolute atomic E-state index is 0.0298. The van der Waals surface area contributed by atoms with Crippen LogP contribution in [0.2, 0.25) is 0 Å². The summed E-state index contributed by atoms with van der Waals surface area (Å²) in [6.07, 6.45) is 0. The zero-order valence-corrected chi connectivity index (χ0v) is 13.2. The van der Waals surface area contributed by atoms with E-state index in [-0.39, 0.29) is 17.0 Å². The van der Waals surface area contributed by atoms with Crippen molar-refractivity contribution < 1.29 is 9.31 Å². The molecule has 0 radical (unpaired) electrons. The van der Waals surface area contributed by atoms with E-state index < -0.39 is 10.7 Å². The highest BCUT2D eigenvalue weighted by Crippen LogP contribution is 2.28. The Hall–Kier alpha value is -2.55. The van der Waals surface area contributed by atoms with Gasteiger partial charge in [0.05, 0.1) is 10.5 Å². The first kappa shape index (κ1) is 15.3. The van der Waals surface area contributed by atoms with E-state index in [4.69, 9.17) is 0 Å². The lowest BCUT2D eigenvalue weighted by molar-refractivity contribution is -0.385. The lowest BCUT2D eigenvalue weighted by Crippen LogP contribution is -1.98. The SMILES string of the molecule is Cc1cc(C)n2nc(SCc3c(F)cccc3[N+](=O)[O-])nc2n1. The number of fused-ring (bicyclic) bond motifs is 1. The van der Waals surface area contributed by atoms with Gasteiger partial charge in [-0.2, -0.15) is 4.98 Å². The summed E-state index contributed by atoms with van der Waals surface area (Å²) < 4.78 is 15.4. The maximum atomic E-state index is 13.9. The molecule has 7 nitrogen and oxygen atoms in total. The highest BCUT2D eigenvalue weighted by molar-refractivity contribution is 7.98. The summed E-state index contributed by atoms with van der Waals surface area (Å²) in [7, 11) is 0. The van der Waals surface area contributed by atoms with E-state index in [0.717, 1.165) is 23.1 Å². The molecule has 0 bridgehead atoms. The molecule has 2 aromatic heterocycles. The molecule has 0 saturated heterocycles. The first-order valence-corrected chi connectivity index (χ1v) is 7.70. The van der Waals surface area contributed by atoms with Crippen LogP contribution in [-0.4, -0.2) is 24.5 Å². The summed E-state index contributed by atoms with van der Waals surface area (Å²) in [5.74, 6) is -0.0913. The first-order chi connectivity index (χ1) is 11.0. The number of nitro groups is 1. The summed E-state index contributed by atoms with van der Waals surface area (Å²) >= 11 is 1.13. The number of aryl methyl sites for hydroxylation is 2. The van der Waals surface area contributed by atoms with Gasteiger partial charge in [0.15, 0.2) is 0 Å². The van der Waals surface area contributed by atoms with Crippen molar-refractivity contribution in [3.8, 4) is 0 Å². The smallest absolute Gasteiger partial charge is 0.258 e. The normalized spacial score (nSPS) is 11.1. The molecule has 23 heavy (non-hydrogen) atoms. The number of aromatic nitrogens is 4. The maximum Gasteiger partial charge on any atom is 0.276 e. The van der Waals surface area contributed by atoms with E-state index in [1.165, 1.54) is 18.2 Å². The van der Waals surface area contributed by atoms with Crippen molar-refractivity contribution in [2.75, 3.05) is 0 Å². The van der Waals surface area contributed by atoms with Gasteiger partial charge in [-0.15, -0.1) is 5.10 Å².